The monoisotopic (exact) mass is 438 g/mol. The normalized spacial score (nSPS) is 11.1. The average molecular weight is 439 g/mol. The lowest BCUT2D eigenvalue weighted by Crippen LogP contribution is -1.90. The first-order valence-electron chi connectivity index (χ1n) is 8.86. The highest BCUT2D eigenvalue weighted by molar-refractivity contribution is 7.22. The largest absolute Gasteiger partial charge is 0.457 e. The first-order chi connectivity index (χ1) is 14.5. The molecule has 30 heavy (non-hydrogen) atoms. The number of nitro benzene ring substituents is 1. The Hall–Kier alpha value is -3.49. The molecule has 4 aromatic rings. The molecule has 0 saturated heterocycles. The number of hydrogen-bond donors (Lipinski definition) is 1. The summed E-state index contributed by atoms with van der Waals surface area (Å²) in [5.41, 5.74) is 5.41. The number of rotatable bonds is 6. The summed E-state index contributed by atoms with van der Waals surface area (Å²) in [4.78, 5) is 14.8. The molecule has 0 bridgehead atoms. The van der Waals surface area contributed by atoms with E-state index in [0.29, 0.717) is 21.4 Å². The number of aryl methyl sites for hydroxylation is 1. The molecule has 0 aliphatic rings. The molecular weight excluding hydrogens is 424 g/mol. The number of benzene rings is 3. The molecule has 0 aliphatic heterocycles. The number of hydrazone groups is 1. The Morgan fingerprint density at radius 1 is 1.13 bits per heavy atom. The van der Waals surface area contributed by atoms with Gasteiger partial charge in [-0.05, 0) is 66.6 Å². The number of nitrogens with one attached hydrogen (secondary N) is 1. The maximum absolute atomic E-state index is 10.9. The summed E-state index contributed by atoms with van der Waals surface area (Å²) in [6, 6.07) is 17.5. The molecule has 0 unspecified atom stereocenters. The van der Waals surface area contributed by atoms with Crippen molar-refractivity contribution in [3.63, 3.8) is 0 Å². The Kier molecular flexibility index (Phi) is 5.60. The lowest BCUT2D eigenvalue weighted by molar-refractivity contribution is -0.384. The van der Waals surface area contributed by atoms with Gasteiger partial charge in [-0.3, -0.25) is 15.5 Å². The van der Waals surface area contributed by atoms with Crippen LogP contribution in [0.1, 0.15) is 11.1 Å². The van der Waals surface area contributed by atoms with Gasteiger partial charge < -0.3 is 4.74 Å². The molecule has 0 radical (unpaired) electrons. The zero-order chi connectivity index (χ0) is 21.1. The van der Waals surface area contributed by atoms with Crippen molar-refractivity contribution < 1.29 is 9.66 Å². The number of anilines is 1. The van der Waals surface area contributed by atoms with Crippen molar-refractivity contribution in [1.82, 2.24) is 4.98 Å². The Bertz CT molecular complexity index is 1260. The first-order valence-corrected chi connectivity index (χ1v) is 10.1. The van der Waals surface area contributed by atoms with Gasteiger partial charge in [-0.2, -0.15) is 5.10 Å². The van der Waals surface area contributed by atoms with Gasteiger partial charge in [0.15, 0.2) is 0 Å². The van der Waals surface area contributed by atoms with Crippen LogP contribution in [0.2, 0.25) is 5.02 Å². The molecule has 0 fully saturated rings. The molecular formula is C21H15ClN4O3S. The van der Waals surface area contributed by atoms with Crippen molar-refractivity contribution in [2.45, 2.75) is 6.92 Å². The van der Waals surface area contributed by atoms with Crippen LogP contribution in [-0.2, 0) is 0 Å². The van der Waals surface area contributed by atoms with Crippen LogP contribution < -0.4 is 10.2 Å². The van der Waals surface area contributed by atoms with Crippen LogP contribution in [0.3, 0.4) is 0 Å². The van der Waals surface area contributed by atoms with Crippen molar-refractivity contribution in [3.8, 4) is 11.5 Å². The summed E-state index contributed by atoms with van der Waals surface area (Å²) in [6.45, 7) is 1.93. The molecule has 0 atom stereocenters. The highest BCUT2D eigenvalue weighted by Crippen LogP contribution is 2.29. The lowest BCUT2D eigenvalue weighted by Gasteiger charge is -2.07. The number of aromatic nitrogens is 1. The molecule has 7 nitrogen and oxygen atoms in total. The second-order valence-corrected chi connectivity index (χ2v) is 7.82. The minimum Gasteiger partial charge on any atom is -0.457 e. The van der Waals surface area contributed by atoms with Gasteiger partial charge in [-0.25, -0.2) is 4.98 Å². The topological polar surface area (TPSA) is 89.7 Å². The van der Waals surface area contributed by atoms with E-state index in [2.05, 4.69) is 15.5 Å². The van der Waals surface area contributed by atoms with E-state index < -0.39 is 4.92 Å². The minimum absolute atomic E-state index is 0.0391. The van der Waals surface area contributed by atoms with Crippen LogP contribution in [0.15, 0.2) is 65.8 Å². The van der Waals surface area contributed by atoms with Crippen LogP contribution in [0.4, 0.5) is 10.8 Å². The van der Waals surface area contributed by atoms with Gasteiger partial charge in [0.1, 0.15) is 11.5 Å². The van der Waals surface area contributed by atoms with E-state index in [1.807, 2.05) is 43.3 Å². The fourth-order valence-electron chi connectivity index (χ4n) is 2.68. The number of halogens is 1. The number of hydrogen-bond acceptors (Lipinski definition) is 7. The molecule has 1 N–H and O–H groups in total. The highest BCUT2D eigenvalue weighted by atomic mass is 35.5. The van der Waals surface area contributed by atoms with Crippen LogP contribution in [0.25, 0.3) is 10.2 Å². The van der Waals surface area contributed by atoms with Gasteiger partial charge >= 0.3 is 0 Å². The predicted octanol–water partition coefficient (Wildman–Crippen LogP) is 6.40. The first kappa shape index (κ1) is 19.8. The van der Waals surface area contributed by atoms with E-state index >= 15 is 0 Å². The molecule has 0 aliphatic carbocycles. The number of non-ortho nitro benzene ring substituents is 1. The molecule has 0 spiro atoms. The van der Waals surface area contributed by atoms with E-state index in [-0.39, 0.29) is 5.69 Å². The van der Waals surface area contributed by atoms with E-state index in [1.54, 1.807) is 18.3 Å². The van der Waals surface area contributed by atoms with E-state index in [1.165, 1.54) is 23.5 Å². The van der Waals surface area contributed by atoms with Crippen molar-refractivity contribution in [1.29, 1.82) is 0 Å². The van der Waals surface area contributed by atoms with Crippen LogP contribution in [0, 0.1) is 17.0 Å². The highest BCUT2D eigenvalue weighted by Gasteiger charge is 2.09. The number of fused-ring (bicyclic) bond motifs is 1. The van der Waals surface area contributed by atoms with Crippen molar-refractivity contribution in [3.05, 3.63) is 86.9 Å². The molecule has 3 aromatic carbocycles. The van der Waals surface area contributed by atoms with Crippen molar-refractivity contribution >= 4 is 50.2 Å². The maximum Gasteiger partial charge on any atom is 0.270 e. The molecule has 1 heterocycles. The SMILES string of the molecule is Cc1cc(Oc2ccc(/C=N\Nc3nc4ccc([N+](=O)[O-])cc4s3)cc2)ccc1Cl. The molecule has 4 rings (SSSR count). The van der Waals surface area contributed by atoms with Crippen molar-refractivity contribution in [2.75, 3.05) is 5.43 Å². The standard InChI is InChI=1S/C21H15ClN4O3S/c1-13-10-17(7-8-18(13)22)29-16-5-2-14(3-6-16)12-23-25-21-24-19-9-4-15(26(27)28)11-20(19)30-21/h2-12H,1H3,(H,24,25)/b23-12-. The Balaban J connectivity index is 1.40. The quantitative estimate of drug-likeness (QED) is 0.213. The summed E-state index contributed by atoms with van der Waals surface area (Å²) in [7, 11) is 0. The van der Waals surface area contributed by atoms with E-state index in [9.17, 15) is 10.1 Å². The summed E-state index contributed by atoms with van der Waals surface area (Å²) in [6.07, 6.45) is 1.66. The van der Waals surface area contributed by atoms with Gasteiger partial charge in [-0.1, -0.05) is 22.9 Å². The van der Waals surface area contributed by atoms with Gasteiger partial charge in [0, 0.05) is 17.2 Å². The van der Waals surface area contributed by atoms with Gasteiger partial charge in [0.05, 0.1) is 21.4 Å². The summed E-state index contributed by atoms with van der Waals surface area (Å²) in [5.74, 6) is 1.42. The third-order valence-corrected chi connectivity index (χ3v) is 5.55. The van der Waals surface area contributed by atoms with E-state index in [0.717, 1.165) is 21.6 Å². The lowest BCUT2D eigenvalue weighted by atomic mass is 10.2. The number of ether oxygens (including phenoxy) is 1. The number of thiazole rings is 1. The Labute approximate surface area is 180 Å². The third kappa shape index (κ3) is 4.56. The second-order valence-electron chi connectivity index (χ2n) is 6.38. The maximum atomic E-state index is 10.9. The minimum atomic E-state index is -0.425. The summed E-state index contributed by atoms with van der Waals surface area (Å²) >= 11 is 7.33. The van der Waals surface area contributed by atoms with Gasteiger partial charge in [0.2, 0.25) is 5.13 Å². The van der Waals surface area contributed by atoms with Crippen LogP contribution >= 0.6 is 22.9 Å². The second kappa shape index (κ2) is 8.48. The molecule has 150 valence electrons. The zero-order valence-electron chi connectivity index (χ0n) is 15.7. The number of nitrogens with zero attached hydrogens (tertiary/aromatic N) is 3. The van der Waals surface area contributed by atoms with Gasteiger partial charge in [0.25, 0.3) is 5.69 Å². The van der Waals surface area contributed by atoms with E-state index in [4.69, 9.17) is 16.3 Å². The van der Waals surface area contributed by atoms with Crippen LogP contribution in [0.5, 0.6) is 11.5 Å². The Morgan fingerprint density at radius 2 is 1.90 bits per heavy atom. The molecule has 0 amide bonds. The molecule has 0 saturated carbocycles. The Morgan fingerprint density at radius 3 is 2.63 bits per heavy atom. The van der Waals surface area contributed by atoms with Crippen molar-refractivity contribution in [2.24, 2.45) is 5.10 Å². The fourth-order valence-corrected chi connectivity index (χ4v) is 3.64. The summed E-state index contributed by atoms with van der Waals surface area (Å²) in [5, 5.41) is 16.3. The zero-order valence-corrected chi connectivity index (χ0v) is 17.3. The van der Waals surface area contributed by atoms with Gasteiger partial charge in [-0.15, -0.1) is 0 Å². The number of nitro groups is 1. The fraction of sp³-hybridized carbons (Fsp3) is 0.0476. The molecule has 9 heteroatoms. The summed E-state index contributed by atoms with van der Waals surface area (Å²) < 4.78 is 6.55. The third-order valence-electron chi connectivity index (χ3n) is 4.20. The van der Waals surface area contributed by atoms with Crippen LogP contribution in [-0.4, -0.2) is 16.1 Å². The molecule has 1 aromatic heterocycles. The average Bonchev–Trinajstić information content (AvgIpc) is 3.14. The predicted molar refractivity (Wildman–Crippen MR) is 120 cm³/mol. The smallest absolute Gasteiger partial charge is 0.270 e.